The van der Waals surface area contributed by atoms with Crippen LogP contribution in [0.25, 0.3) is 0 Å². The van der Waals surface area contributed by atoms with Crippen molar-refractivity contribution in [1.29, 1.82) is 0 Å². The lowest BCUT2D eigenvalue weighted by Crippen LogP contribution is -2.31. The van der Waals surface area contributed by atoms with E-state index < -0.39 is 10.0 Å². The van der Waals surface area contributed by atoms with Crippen molar-refractivity contribution in [1.82, 2.24) is 9.62 Å². The Labute approximate surface area is 139 Å². The number of carbonyl (C=O) groups is 1. The SMILES string of the molecule is CCC(=O)NCCc1ccc(S(=O)(=O)N2CCCCCC2)cc1. The normalized spacial score (nSPS) is 16.7. The van der Waals surface area contributed by atoms with E-state index >= 15 is 0 Å². The third-order valence-corrected chi connectivity index (χ3v) is 6.10. The molecule has 1 heterocycles. The van der Waals surface area contributed by atoms with E-state index in [1.54, 1.807) is 16.4 Å². The molecule has 0 aromatic heterocycles. The highest BCUT2D eigenvalue weighted by Crippen LogP contribution is 2.20. The maximum absolute atomic E-state index is 12.7. The first-order valence-electron chi connectivity index (χ1n) is 8.40. The summed E-state index contributed by atoms with van der Waals surface area (Å²) in [6.07, 6.45) is 5.27. The molecule has 1 aromatic carbocycles. The molecular formula is C17H26N2O3S. The van der Waals surface area contributed by atoms with E-state index in [1.165, 1.54) is 0 Å². The van der Waals surface area contributed by atoms with Gasteiger partial charge in [0.2, 0.25) is 15.9 Å². The number of hydrogen-bond donors (Lipinski definition) is 1. The Kier molecular flexibility index (Phi) is 6.59. The zero-order valence-corrected chi connectivity index (χ0v) is 14.6. The van der Waals surface area contributed by atoms with Crippen molar-refractivity contribution in [2.24, 2.45) is 0 Å². The predicted molar refractivity (Wildman–Crippen MR) is 90.7 cm³/mol. The minimum absolute atomic E-state index is 0.0327. The van der Waals surface area contributed by atoms with Crippen LogP contribution in [0.5, 0.6) is 0 Å². The number of carbonyl (C=O) groups excluding carboxylic acids is 1. The van der Waals surface area contributed by atoms with Gasteiger partial charge < -0.3 is 5.32 Å². The van der Waals surface area contributed by atoms with Gasteiger partial charge in [0.05, 0.1) is 4.90 Å². The Bertz CT molecular complexity index is 603. The molecule has 1 fully saturated rings. The van der Waals surface area contributed by atoms with Crippen LogP contribution in [-0.2, 0) is 21.2 Å². The van der Waals surface area contributed by atoms with Crippen LogP contribution < -0.4 is 5.32 Å². The highest BCUT2D eigenvalue weighted by Gasteiger charge is 2.24. The molecule has 1 aliphatic heterocycles. The number of rotatable bonds is 6. The Hall–Kier alpha value is -1.40. The van der Waals surface area contributed by atoms with Crippen molar-refractivity contribution in [3.63, 3.8) is 0 Å². The maximum Gasteiger partial charge on any atom is 0.243 e. The molecule has 128 valence electrons. The molecule has 0 bridgehead atoms. The molecule has 0 aliphatic carbocycles. The van der Waals surface area contributed by atoms with Crippen LogP contribution in [0.3, 0.4) is 0 Å². The van der Waals surface area contributed by atoms with E-state index in [4.69, 9.17) is 0 Å². The van der Waals surface area contributed by atoms with E-state index in [9.17, 15) is 13.2 Å². The molecule has 23 heavy (non-hydrogen) atoms. The highest BCUT2D eigenvalue weighted by molar-refractivity contribution is 7.89. The molecule has 0 saturated carbocycles. The van der Waals surface area contributed by atoms with Crippen molar-refractivity contribution in [3.05, 3.63) is 29.8 Å². The summed E-state index contributed by atoms with van der Waals surface area (Å²) in [6, 6.07) is 7.03. The maximum atomic E-state index is 12.7. The summed E-state index contributed by atoms with van der Waals surface area (Å²) in [5, 5.41) is 2.82. The number of nitrogens with zero attached hydrogens (tertiary/aromatic N) is 1. The molecule has 2 rings (SSSR count). The molecular weight excluding hydrogens is 312 g/mol. The highest BCUT2D eigenvalue weighted by atomic mass is 32.2. The lowest BCUT2D eigenvalue weighted by molar-refractivity contribution is -0.120. The number of amides is 1. The zero-order chi connectivity index (χ0) is 16.7. The summed E-state index contributed by atoms with van der Waals surface area (Å²) >= 11 is 0. The molecule has 0 unspecified atom stereocenters. The second kappa shape index (κ2) is 8.45. The molecule has 6 heteroatoms. The van der Waals surface area contributed by atoms with E-state index in [1.807, 2.05) is 19.1 Å². The Morgan fingerprint density at radius 1 is 1.09 bits per heavy atom. The lowest BCUT2D eigenvalue weighted by atomic mass is 10.1. The fraction of sp³-hybridized carbons (Fsp3) is 0.588. The van der Waals surface area contributed by atoms with Crippen LogP contribution in [0.1, 0.15) is 44.6 Å². The first-order chi connectivity index (χ1) is 11.0. The Morgan fingerprint density at radius 3 is 2.26 bits per heavy atom. The van der Waals surface area contributed by atoms with E-state index in [0.717, 1.165) is 31.2 Å². The molecule has 1 saturated heterocycles. The van der Waals surface area contributed by atoms with Crippen molar-refractivity contribution >= 4 is 15.9 Å². The quantitative estimate of drug-likeness (QED) is 0.865. The average molecular weight is 338 g/mol. The molecule has 1 N–H and O–H groups in total. The minimum atomic E-state index is -3.38. The van der Waals surface area contributed by atoms with Crippen molar-refractivity contribution in [3.8, 4) is 0 Å². The largest absolute Gasteiger partial charge is 0.356 e. The van der Waals surface area contributed by atoms with Gasteiger partial charge in [-0.2, -0.15) is 4.31 Å². The van der Waals surface area contributed by atoms with E-state index in [0.29, 0.717) is 37.4 Å². The second-order valence-corrected chi connectivity index (χ2v) is 7.85. The molecule has 1 aromatic rings. The van der Waals surface area contributed by atoms with Crippen molar-refractivity contribution in [2.75, 3.05) is 19.6 Å². The van der Waals surface area contributed by atoms with Crippen LogP contribution in [0.15, 0.2) is 29.2 Å². The molecule has 1 amide bonds. The number of hydrogen-bond acceptors (Lipinski definition) is 3. The van der Waals surface area contributed by atoms with Gasteiger partial charge in [-0.05, 0) is 37.0 Å². The van der Waals surface area contributed by atoms with Gasteiger partial charge in [0.15, 0.2) is 0 Å². The fourth-order valence-electron chi connectivity index (χ4n) is 2.73. The van der Waals surface area contributed by atoms with Gasteiger partial charge >= 0.3 is 0 Å². The van der Waals surface area contributed by atoms with Gasteiger partial charge in [-0.25, -0.2) is 8.42 Å². The third kappa shape index (κ3) is 5.04. The monoisotopic (exact) mass is 338 g/mol. The van der Waals surface area contributed by atoms with Gasteiger partial charge in [0.25, 0.3) is 0 Å². The summed E-state index contributed by atoms with van der Waals surface area (Å²) in [5.41, 5.74) is 1.02. The zero-order valence-electron chi connectivity index (χ0n) is 13.8. The summed E-state index contributed by atoms with van der Waals surface area (Å²) in [4.78, 5) is 11.6. The predicted octanol–water partition coefficient (Wildman–Crippen LogP) is 2.32. The number of nitrogens with one attached hydrogen (secondary N) is 1. The van der Waals surface area contributed by atoms with E-state index in [-0.39, 0.29) is 5.91 Å². The van der Waals surface area contributed by atoms with Crippen LogP contribution >= 0.6 is 0 Å². The number of sulfonamides is 1. The van der Waals surface area contributed by atoms with Crippen LogP contribution in [-0.4, -0.2) is 38.3 Å². The summed E-state index contributed by atoms with van der Waals surface area (Å²) in [5.74, 6) is 0.0327. The van der Waals surface area contributed by atoms with E-state index in [2.05, 4.69) is 5.32 Å². The summed E-state index contributed by atoms with van der Waals surface area (Å²) < 4.78 is 26.9. The van der Waals surface area contributed by atoms with Gasteiger partial charge in [-0.1, -0.05) is 31.9 Å². The van der Waals surface area contributed by atoms with Crippen LogP contribution in [0, 0.1) is 0 Å². The minimum Gasteiger partial charge on any atom is -0.356 e. The first kappa shape index (κ1) is 17.9. The smallest absolute Gasteiger partial charge is 0.243 e. The molecule has 0 spiro atoms. The van der Waals surface area contributed by atoms with Gasteiger partial charge in [0.1, 0.15) is 0 Å². The number of benzene rings is 1. The van der Waals surface area contributed by atoms with Crippen LogP contribution in [0.2, 0.25) is 0 Å². The average Bonchev–Trinajstić information content (AvgIpc) is 2.85. The Morgan fingerprint density at radius 2 is 1.70 bits per heavy atom. The van der Waals surface area contributed by atoms with Crippen LogP contribution in [0.4, 0.5) is 0 Å². The topological polar surface area (TPSA) is 66.5 Å². The fourth-order valence-corrected chi connectivity index (χ4v) is 4.25. The second-order valence-electron chi connectivity index (χ2n) is 5.92. The standard InChI is InChI=1S/C17H26N2O3S/c1-2-17(20)18-12-11-15-7-9-16(10-8-15)23(21,22)19-13-5-3-4-6-14-19/h7-10H,2-6,11-14H2,1H3,(H,18,20). The third-order valence-electron chi connectivity index (χ3n) is 4.18. The molecule has 0 atom stereocenters. The van der Waals surface area contributed by atoms with Gasteiger partial charge in [-0.3, -0.25) is 4.79 Å². The summed E-state index contributed by atoms with van der Waals surface area (Å²) in [7, 11) is -3.38. The molecule has 0 radical (unpaired) electrons. The Balaban J connectivity index is 1.98. The first-order valence-corrected chi connectivity index (χ1v) is 9.84. The molecule has 1 aliphatic rings. The molecule has 5 nitrogen and oxygen atoms in total. The van der Waals surface area contributed by atoms with Crippen molar-refractivity contribution < 1.29 is 13.2 Å². The summed E-state index contributed by atoms with van der Waals surface area (Å²) in [6.45, 7) is 3.63. The van der Waals surface area contributed by atoms with Gasteiger partial charge in [0, 0.05) is 26.1 Å². The van der Waals surface area contributed by atoms with Gasteiger partial charge in [-0.15, -0.1) is 0 Å². The van der Waals surface area contributed by atoms with Crippen molar-refractivity contribution in [2.45, 2.75) is 50.3 Å². The lowest BCUT2D eigenvalue weighted by Gasteiger charge is -2.20.